The van der Waals surface area contributed by atoms with E-state index in [2.05, 4.69) is 16.9 Å². The van der Waals surface area contributed by atoms with Gasteiger partial charge in [0.05, 0.1) is 11.8 Å². The van der Waals surface area contributed by atoms with Crippen LogP contribution in [0.1, 0.15) is 49.4 Å². The molecule has 1 aliphatic carbocycles. The van der Waals surface area contributed by atoms with Gasteiger partial charge in [-0.25, -0.2) is 0 Å². The monoisotopic (exact) mass is 261 g/mol. The van der Waals surface area contributed by atoms with E-state index in [0.29, 0.717) is 6.04 Å². The lowest BCUT2D eigenvalue weighted by molar-refractivity contribution is 0.0322. The Morgan fingerprint density at radius 1 is 1.37 bits per heavy atom. The quantitative estimate of drug-likeness (QED) is 0.779. The molecule has 0 bridgehead atoms. The second kappa shape index (κ2) is 4.99. The average Bonchev–Trinajstić information content (AvgIpc) is 2.83. The number of likely N-dealkylation sites (tertiary alicyclic amines) is 1. The standard InChI is InChI=1S/C15H23N3O/c1-11-5-6-14-12(8-11)4-3-7-18(14)15(19)13-9-16-17(2)10-13/h9-12,14H,3-8H2,1-2H3. The van der Waals surface area contributed by atoms with Crippen molar-refractivity contribution in [2.45, 2.75) is 45.1 Å². The number of carbonyl (C=O) groups excluding carboxylic acids is 1. The molecule has 4 nitrogen and oxygen atoms in total. The molecule has 0 radical (unpaired) electrons. The van der Waals surface area contributed by atoms with Crippen molar-refractivity contribution >= 4 is 5.91 Å². The molecule has 2 heterocycles. The summed E-state index contributed by atoms with van der Waals surface area (Å²) in [6, 6.07) is 0.470. The maximum atomic E-state index is 12.6. The molecule has 4 heteroatoms. The van der Waals surface area contributed by atoms with Crippen LogP contribution in [0, 0.1) is 11.8 Å². The number of piperidine rings is 1. The molecule has 104 valence electrons. The van der Waals surface area contributed by atoms with Gasteiger partial charge in [-0.3, -0.25) is 9.48 Å². The second-order valence-electron chi connectivity index (χ2n) is 6.29. The first-order valence-corrected chi connectivity index (χ1v) is 7.45. The van der Waals surface area contributed by atoms with Gasteiger partial charge in [0.2, 0.25) is 0 Å². The Morgan fingerprint density at radius 2 is 2.21 bits per heavy atom. The molecule has 1 amide bonds. The van der Waals surface area contributed by atoms with Gasteiger partial charge in [0, 0.05) is 25.8 Å². The highest BCUT2D eigenvalue weighted by atomic mass is 16.2. The topological polar surface area (TPSA) is 38.1 Å². The van der Waals surface area contributed by atoms with E-state index in [-0.39, 0.29) is 5.91 Å². The first kappa shape index (κ1) is 12.7. The van der Waals surface area contributed by atoms with Crippen molar-refractivity contribution < 1.29 is 4.79 Å². The number of nitrogens with zero attached hydrogens (tertiary/aromatic N) is 3. The Hall–Kier alpha value is -1.32. The fourth-order valence-electron chi connectivity index (χ4n) is 3.84. The van der Waals surface area contributed by atoms with Gasteiger partial charge in [-0.05, 0) is 43.9 Å². The third kappa shape index (κ3) is 2.40. The highest BCUT2D eigenvalue weighted by Gasteiger charge is 2.37. The van der Waals surface area contributed by atoms with Crippen LogP contribution >= 0.6 is 0 Å². The van der Waals surface area contributed by atoms with Crippen molar-refractivity contribution in [2.24, 2.45) is 18.9 Å². The summed E-state index contributed by atoms with van der Waals surface area (Å²) in [6.45, 7) is 3.27. The number of hydrogen-bond donors (Lipinski definition) is 0. The number of amides is 1. The summed E-state index contributed by atoms with van der Waals surface area (Å²) < 4.78 is 1.71. The third-order valence-corrected chi connectivity index (χ3v) is 4.79. The van der Waals surface area contributed by atoms with Crippen molar-refractivity contribution in [3.05, 3.63) is 18.0 Å². The van der Waals surface area contributed by atoms with E-state index in [9.17, 15) is 4.79 Å². The average molecular weight is 261 g/mol. The van der Waals surface area contributed by atoms with E-state index in [4.69, 9.17) is 0 Å². The van der Waals surface area contributed by atoms with Crippen LogP contribution in [-0.2, 0) is 7.05 Å². The van der Waals surface area contributed by atoms with Crippen LogP contribution in [0.3, 0.4) is 0 Å². The number of carbonyl (C=O) groups is 1. The smallest absolute Gasteiger partial charge is 0.257 e. The van der Waals surface area contributed by atoms with Gasteiger partial charge in [0.25, 0.3) is 5.91 Å². The van der Waals surface area contributed by atoms with Gasteiger partial charge < -0.3 is 4.90 Å². The van der Waals surface area contributed by atoms with E-state index in [1.54, 1.807) is 10.9 Å². The van der Waals surface area contributed by atoms with Gasteiger partial charge in [0.15, 0.2) is 0 Å². The Bertz CT molecular complexity index is 468. The van der Waals surface area contributed by atoms with E-state index in [1.165, 1.54) is 25.7 Å². The molecular formula is C15H23N3O. The molecule has 2 aliphatic rings. The summed E-state index contributed by atoms with van der Waals surface area (Å²) in [4.78, 5) is 14.7. The molecule has 3 unspecified atom stereocenters. The number of hydrogen-bond acceptors (Lipinski definition) is 2. The summed E-state index contributed by atoms with van der Waals surface area (Å²) in [5, 5.41) is 4.12. The van der Waals surface area contributed by atoms with Crippen molar-refractivity contribution in [1.82, 2.24) is 14.7 Å². The predicted molar refractivity (Wildman–Crippen MR) is 73.8 cm³/mol. The minimum Gasteiger partial charge on any atom is -0.335 e. The largest absolute Gasteiger partial charge is 0.335 e. The SMILES string of the molecule is CC1CCC2C(CCCN2C(=O)c2cnn(C)c2)C1. The third-order valence-electron chi connectivity index (χ3n) is 4.79. The zero-order valence-electron chi connectivity index (χ0n) is 11.9. The summed E-state index contributed by atoms with van der Waals surface area (Å²) >= 11 is 0. The fourth-order valence-corrected chi connectivity index (χ4v) is 3.84. The van der Waals surface area contributed by atoms with Gasteiger partial charge in [-0.2, -0.15) is 5.10 Å². The molecule has 2 fully saturated rings. The van der Waals surface area contributed by atoms with Crippen molar-refractivity contribution in [3.63, 3.8) is 0 Å². The number of aryl methyl sites for hydroxylation is 1. The van der Waals surface area contributed by atoms with Gasteiger partial charge in [-0.15, -0.1) is 0 Å². The lowest BCUT2D eigenvalue weighted by Crippen LogP contribution is -2.50. The minimum absolute atomic E-state index is 0.178. The van der Waals surface area contributed by atoms with Gasteiger partial charge >= 0.3 is 0 Å². The fraction of sp³-hybridized carbons (Fsp3) is 0.733. The second-order valence-corrected chi connectivity index (χ2v) is 6.29. The molecule has 1 aromatic rings. The molecule has 0 spiro atoms. The molecule has 0 N–H and O–H groups in total. The summed E-state index contributed by atoms with van der Waals surface area (Å²) in [7, 11) is 1.86. The van der Waals surface area contributed by atoms with Crippen LogP contribution < -0.4 is 0 Å². The van der Waals surface area contributed by atoms with Crippen molar-refractivity contribution in [2.75, 3.05) is 6.54 Å². The first-order valence-electron chi connectivity index (χ1n) is 7.45. The zero-order chi connectivity index (χ0) is 13.4. The van der Waals surface area contributed by atoms with Crippen LogP contribution in [0.15, 0.2) is 12.4 Å². The Morgan fingerprint density at radius 3 is 2.95 bits per heavy atom. The van der Waals surface area contributed by atoms with Gasteiger partial charge in [0.1, 0.15) is 0 Å². The van der Waals surface area contributed by atoms with Crippen LogP contribution in [-0.4, -0.2) is 33.2 Å². The number of rotatable bonds is 1. The normalized spacial score (nSPS) is 31.1. The molecular weight excluding hydrogens is 238 g/mol. The maximum absolute atomic E-state index is 12.6. The minimum atomic E-state index is 0.178. The molecule has 0 aromatic carbocycles. The van der Waals surface area contributed by atoms with E-state index in [0.717, 1.165) is 30.4 Å². The molecule has 1 saturated heterocycles. The van der Waals surface area contributed by atoms with Crippen LogP contribution in [0.25, 0.3) is 0 Å². The molecule has 3 atom stereocenters. The molecule has 1 saturated carbocycles. The summed E-state index contributed by atoms with van der Waals surface area (Å²) in [5.41, 5.74) is 0.738. The predicted octanol–water partition coefficient (Wildman–Crippen LogP) is 2.46. The van der Waals surface area contributed by atoms with Crippen molar-refractivity contribution in [1.29, 1.82) is 0 Å². The van der Waals surface area contributed by atoms with E-state index >= 15 is 0 Å². The maximum Gasteiger partial charge on any atom is 0.257 e. The van der Waals surface area contributed by atoms with Crippen LogP contribution in [0.5, 0.6) is 0 Å². The van der Waals surface area contributed by atoms with Crippen LogP contribution in [0.4, 0.5) is 0 Å². The molecule has 3 rings (SSSR count). The molecule has 1 aromatic heterocycles. The number of aromatic nitrogens is 2. The highest BCUT2D eigenvalue weighted by molar-refractivity contribution is 5.94. The summed E-state index contributed by atoms with van der Waals surface area (Å²) in [6.07, 6.45) is 9.71. The van der Waals surface area contributed by atoms with Crippen molar-refractivity contribution in [3.8, 4) is 0 Å². The number of fused-ring (bicyclic) bond motifs is 1. The zero-order valence-corrected chi connectivity index (χ0v) is 11.9. The lowest BCUT2D eigenvalue weighted by Gasteiger charge is -2.45. The Kier molecular flexibility index (Phi) is 3.33. The lowest BCUT2D eigenvalue weighted by atomic mass is 9.74. The molecule has 19 heavy (non-hydrogen) atoms. The Labute approximate surface area is 114 Å². The first-order chi connectivity index (χ1) is 9.15. The summed E-state index contributed by atoms with van der Waals surface area (Å²) in [5.74, 6) is 1.73. The van der Waals surface area contributed by atoms with E-state index < -0.39 is 0 Å². The molecule has 1 aliphatic heterocycles. The van der Waals surface area contributed by atoms with E-state index in [1.807, 2.05) is 13.2 Å². The van der Waals surface area contributed by atoms with Crippen LogP contribution in [0.2, 0.25) is 0 Å². The highest BCUT2D eigenvalue weighted by Crippen LogP contribution is 2.38. The Balaban J connectivity index is 1.78. The van der Waals surface area contributed by atoms with Gasteiger partial charge in [-0.1, -0.05) is 6.92 Å².